The van der Waals surface area contributed by atoms with Crippen LogP contribution in [0.15, 0.2) is 103 Å². The molecule has 0 aliphatic rings. The summed E-state index contributed by atoms with van der Waals surface area (Å²) >= 11 is 0. The molecule has 0 aliphatic carbocycles. The topological polar surface area (TPSA) is 22.2 Å². The molecule has 0 unspecified atom stereocenters. The third-order valence-electron chi connectivity index (χ3n) is 5.34. The van der Waals surface area contributed by atoms with E-state index in [1.54, 1.807) is 0 Å². The van der Waals surface area contributed by atoms with Gasteiger partial charge in [0, 0.05) is 11.1 Å². The lowest BCUT2D eigenvalue weighted by Crippen LogP contribution is -1.95. The van der Waals surface area contributed by atoms with Crippen LogP contribution in [0.1, 0.15) is 11.1 Å². The van der Waals surface area contributed by atoms with Crippen molar-refractivity contribution in [2.75, 3.05) is 0 Å². The lowest BCUT2D eigenvalue weighted by atomic mass is 10.1. The first-order valence-electron chi connectivity index (χ1n) is 9.93. The fourth-order valence-corrected chi connectivity index (χ4v) is 3.99. The average Bonchev–Trinajstić information content (AvgIpc) is 3.33. The Morgan fingerprint density at radius 2 is 1.23 bits per heavy atom. The van der Waals surface area contributed by atoms with Gasteiger partial charge in [-0.3, -0.25) is 8.97 Å². The molecule has 6 aromatic rings. The Morgan fingerprint density at radius 1 is 0.567 bits per heavy atom. The van der Waals surface area contributed by atoms with Crippen LogP contribution in [0, 0.1) is 11.8 Å². The number of hydrogen-bond donors (Lipinski definition) is 0. The molecule has 3 heteroatoms. The first kappa shape index (κ1) is 16.6. The largest absolute Gasteiger partial charge is 0.278 e. The summed E-state index contributed by atoms with van der Waals surface area (Å²) in [5, 5.41) is 0. The van der Waals surface area contributed by atoms with Crippen molar-refractivity contribution in [3.05, 3.63) is 114 Å². The fraction of sp³-hybridized carbons (Fsp3) is 0. The van der Waals surface area contributed by atoms with Crippen molar-refractivity contribution in [2.45, 2.75) is 0 Å². The van der Waals surface area contributed by atoms with Crippen LogP contribution in [0.4, 0.5) is 0 Å². The van der Waals surface area contributed by atoms with E-state index in [0.29, 0.717) is 0 Å². The van der Waals surface area contributed by atoms with E-state index >= 15 is 0 Å². The number of fused-ring (bicyclic) bond motifs is 5. The second-order valence-corrected chi connectivity index (χ2v) is 7.23. The molecule has 0 saturated heterocycles. The van der Waals surface area contributed by atoms with Crippen LogP contribution in [0.5, 0.6) is 0 Å². The van der Waals surface area contributed by atoms with Gasteiger partial charge in [0.1, 0.15) is 0 Å². The van der Waals surface area contributed by atoms with Crippen molar-refractivity contribution in [3.8, 4) is 17.5 Å². The minimum absolute atomic E-state index is 0.908. The van der Waals surface area contributed by atoms with Gasteiger partial charge in [-0.2, -0.15) is 0 Å². The zero-order chi connectivity index (χ0) is 19.9. The van der Waals surface area contributed by atoms with Gasteiger partial charge in [-0.1, -0.05) is 60.4 Å². The summed E-state index contributed by atoms with van der Waals surface area (Å²) in [5.74, 6) is 7.45. The highest BCUT2D eigenvalue weighted by Crippen LogP contribution is 2.29. The lowest BCUT2D eigenvalue weighted by Gasteiger charge is -2.05. The SMILES string of the molecule is C(#Cc1cccc(-n2c3ccccc3n3c4ccccc4nc23)c1)c1ccccc1. The number of imidazole rings is 2. The molecule has 0 radical (unpaired) electrons. The Labute approximate surface area is 173 Å². The van der Waals surface area contributed by atoms with Crippen molar-refractivity contribution >= 4 is 27.8 Å². The Balaban J connectivity index is 1.59. The van der Waals surface area contributed by atoms with Crippen LogP contribution in [-0.4, -0.2) is 14.0 Å². The second-order valence-electron chi connectivity index (χ2n) is 7.23. The molecular weight excluding hydrogens is 366 g/mol. The monoisotopic (exact) mass is 383 g/mol. The van der Waals surface area contributed by atoms with E-state index in [0.717, 1.165) is 44.7 Å². The van der Waals surface area contributed by atoms with E-state index in [9.17, 15) is 0 Å². The summed E-state index contributed by atoms with van der Waals surface area (Å²) < 4.78 is 4.44. The summed E-state index contributed by atoms with van der Waals surface area (Å²) in [4.78, 5) is 4.94. The van der Waals surface area contributed by atoms with Crippen LogP contribution < -0.4 is 0 Å². The van der Waals surface area contributed by atoms with Gasteiger partial charge in [-0.05, 0) is 54.6 Å². The minimum Gasteiger partial charge on any atom is -0.278 e. The highest BCUT2D eigenvalue weighted by Gasteiger charge is 2.16. The molecule has 0 fully saturated rings. The van der Waals surface area contributed by atoms with Crippen LogP contribution in [0.25, 0.3) is 33.5 Å². The van der Waals surface area contributed by atoms with Crippen molar-refractivity contribution < 1.29 is 0 Å². The molecule has 0 saturated carbocycles. The molecule has 0 bridgehead atoms. The van der Waals surface area contributed by atoms with Gasteiger partial charge in [-0.25, -0.2) is 4.98 Å². The molecule has 0 amide bonds. The standard InChI is InChI=1S/C27H17N3/c1-2-9-20(10-3-1)17-18-21-11-8-12-22(19-21)29-25-15-6-7-16-26(25)30-24-14-5-4-13-23(24)28-27(29)30/h1-16,19H. The number of nitrogens with zero attached hydrogens (tertiary/aromatic N) is 3. The third-order valence-corrected chi connectivity index (χ3v) is 5.34. The van der Waals surface area contributed by atoms with Gasteiger partial charge in [0.05, 0.1) is 27.8 Å². The summed E-state index contributed by atoms with van der Waals surface area (Å²) in [6, 6.07) is 35.1. The number of hydrogen-bond acceptors (Lipinski definition) is 1. The summed E-state index contributed by atoms with van der Waals surface area (Å²) in [7, 11) is 0. The normalized spacial score (nSPS) is 11.1. The summed E-state index contributed by atoms with van der Waals surface area (Å²) in [6.07, 6.45) is 0. The number of rotatable bonds is 1. The molecular formula is C27H17N3. The third kappa shape index (κ3) is 2.59. The molecule has 140 valence electrons. The van der Waals surface area contributed by atoms with E-state index in [2.05, 4.69) is 81.5 Å². The fourth-order valence-electron chi connectivity index (χ4n) is 3.99. The van der Waals surface area contributed by atoms with Gasteiger partial charge >= 0.3 is 0 Å². The molecule has 0 atom stereocenters. The number of aromatic nitrogens is 3. The Morgan fingerprint density at radius 3 is 2.10 bits per heavy atom. The van der Waals surface area contributed by atoms with Crippen LogP contribution >= 0.6 is 0 Å². The van der Waals surface area contributed by atoms with E-state index in [1.165, 1.54) is 0 Å². The van der Waals surface area contributed by atoms with E-state index in [4.69, 9.17) is 4.98 Å². The van der Waals surface area contributed by atoms with Crippen molar-refractivity contribution in [1.82, 2.24) is 14.0 Å². The van der Waals surface area contributed by atoms with Crippen LogP contribution in [-0.2, 0) is 0 Å². The Bertz CT molecular complexity index is 1590. The van der Waals surface area contributed by atoms with Gasteiger partial charge in [0.25, 0.3) is 0 Å². The predicted molar refractivity (Wildman–Crippen MR) is 122 cm³/mol. The highest BCUT2D eigenvalue weighted by atomic mass is 15.2. The molecule has 30 heavy (non-hydrogen) atoms. The Kier molecular flexibility index (Phi) is 3.69. The molecule has 6 rings (SSSR count). The average molecular weight is 383 g/mol. The number of benzene rings is 4. The smallest absolute Gasteiger partial charge is 0.220 e. The van der Waals surface area contributed by atoms with Gasteiger partial charge in [0.15, 0.2) is 0 Å². The first-order valence-corrected chi connectivity index (χ1v) is 9.93. The molecule has 0 aliphatic heterocycles. The molecule has 0 N–H and O–H groups in total. The second kappa shape index (κ2) is 6.65. The zero-order valence-corrected chi connectivity index (χ0v) is 16.2. The zero-order valence-electron chi connectivity index (χ0n) is 16.2. The molecule has 3 nitrogen and oxygen atoms in total. The van der Waals surface area contributed by atoms with Crippen molar-refractivity contribution in [2.24, 2.45) is 0 Å². The van der Waals surface area contributed by atoms with E-state index < -0.39 is 0 Å². The number of para-hydroxylation sites is 4. The van der Waals surface area contributed by atoms with Gasteiger partial charge < -0.3 is 0 Å². The van der Waals surface area contributed by atoms with Crippen LogP contribution in [0.2, 0.25) is 0 Å². The molecule has 2 heterocycles. The van der Waals surface area contributed by atoms with E-state index in [-0.39, 0.29) is 0 Å². The quantitative estimate of drug-likeness (QED) is 0.327. The maximum atomic E-state index is 4.94. The van der Waals surface area contributed by atoms with Crippen molar-refractivity contribution in [3.63, 3.8) is 0 Å². The highest BCUT2D eigenvalue weighted by molar-refractivity contribution is 5.92. The van der Waals surface area contributed by atoms with Crippen molar-refractivity contribution in [1.29, 1.82) is 0 Å². The van der Waals surface area contributed by atoms with Gasteiger partial charge in [0.2, 0.25) is 5.78 Å². The first-order chi connectivity index (χ1) is 14.9. The molecule has 4 aromatic carbocycles. The Hall–Kier alpha value is -4.29. The molecule has 0 spiro atoms. The maximum absolute atomic E-state index is 4.94. The molecule has 2 aromatic heterocycles. The summed E-state index contributed by atoms with van der Waals surface area (Å²) in [6.45, 7) is 0. The maximum Gasteiger partial charge on any atom is 0.220 e. The minimum atomic E-state index is 0.908. The van der Waals surface area contributed by atoms with Crippen LogP contribution in [0.3, 0.4) is 0 Å². The predicted octanol–water partition coefficient (Wildman–Crippen LogP) is 5.83. The summed E-state index contributed by atoms with van der Waals surface area (Å²) in [5.41, 5.74) is 7.41. The lowest BCUT2D eigenvalue weighted by molar-refractivity contribution is 1.11. The van der Waals surface area contributed by atoms with E-state index in [1.807, 2.05) is 42.5 Å². The van der Waals surface area contributed by atoms with Gasteiger partial charge in [-0.15, -0.1) is 0 Å².